The molecule has 138 valence electrons. The Balaban J connectivity index is 1.48. The molecule has 2 aliphatic heterocycles. The molecule has 0 saturated carbocycles. The van der Waals surface area contributed by atoms with E-state index in [0.29, 0.717) is 0 Å². The zero-order valence-corrected chi connectivity index (χ0v) is 16.3. The van der Waals surface area contributed by atoms with E-state index in [0.717, 1.165) is 45.1 Å². The van der Waals surface area contributed by atoms with Crippen molar-refractivity contribution < 1.29 is 5.11 Å². The van der Waals surface area contributed by atoms with E-state index in [2.05, 4.69) is 42.0 Å². The number of hydrogen-bond donors (Lipinski definition) is 1. The zero-order valence-electron chi connectivity index (χ0n) is 15.5. The highest BCUT2D eigenvalue weighted by molar-refractivity contribution is 7.18. The largest absolute Gasteiger partial charge is 0.392 e. The SMILES string of the molecule is Cc1ccc2nc(Cn3ccc4nc(-c5ccccc5CO)cc-4c3)sc2c1. The molecule has 2 aromatic carbocycles. The maximum absolute atomic E-state index is 9.60. The molecule has 5 heteroatoms. The first-order valence-electron chi connectivity index (χ1n) is 9.21. The minimum atomic E-state index is 0.0104. The van der Waals surface area contributed by atoms with Crippen LogP contribution in [0.25, 0.3) is 32.7 Å². The number of thiazole rings is 1. The Hall–Kier alpha value is -3.02. The molecule has 28 heavy (non-hydrogen) atoms. The minimum Gasteiger partial charge on any atom is -0.392 e. The number of aromatic nitrogens is 3. The average Bonchev–Trinajstić information content (AvgIpc) is 3.30. The molecule has 0 saturated heterocycles. The van der Waals surface area contributed by atoms with Gasteiger partial charge in [0.1, 0.15) is 5.01 Å². The fourth-order valence-corrected chi connectivity index (χ4v) is 4.60. The lowest BCUT2D eigenvalue weighted by atomic mass is 10.1. The van der Waals surface area contributed by atoms with Crippen LogP contribution in [0.2, 0.25) is 0 Å². The van der Waals surface area contributed by atoms with Gasteiger partial charge in [-0.25, -0.2) is 9.97 Å². The third-order valence-electron chi connectivity index (χ3n) is 4.93. The molecule has 4 nitrogen and oxygen atoms in total. The second-order valence-corrected chi connectivity index (χ2v) is 8.11. The highest BCUT2D eigenvalue weighted by Gasteiger charge is 2.13. The van der Waals surface area contributed by atoms with Gasteiger partial charge in [0.25, 0.3) is 0 Å². The lowest BCUT2D eigenvalue weighted by Gasteiger charge is -2.06. The Bertz CT molecular complexity index is 1250. The summed E-state index contributed by atoms with van der Waals surface area (Å²) in [6.07, 6.45) is 4.17. The van der Waals surface area contributed by atoms with E-state index in [4.69, 9.17) is 9.97 Å². The molecule has 3 heterocycles. The lowest BCUT2D eigenvalue weighted by Crippen LogP contribution is -1.99. The molecule has 0 atom stereocenters. The number of fused-ring (bicyclic) bond motifs is 2. The summed E-state index contributed by atoms with van der Waals surface area (Å²) in [4.78, 5) is 9.51. The van der Waals surface area contributed by atoms with Crippen LogP contribution in [0.5, 0.6) is 0 Å². The fraction of sp³-hybridized carbons (Fsp3) is 0.130. The van der Waals surface area contributed by atoms with Gasteiger partial charge < -0.3 is 9.67 Å². The van der Waals surface area contributed by atoms with Crippen molar-refractivity contribution in [3.05, 3.63) is 83.1 Å². The Labute approximate surface area is 167 Å². The lowest BCUT2D eigenvalue weighted by molar-refractivity contribution is 0.282. The van der Waals surface area contributed by atoms with Gasteiger partial charge in [0.05, 0.1) is 34.8 Å². The van der Waals surface area contributed by atoms with E-state index in [9.17, 15) is 5.11 Å². The maximum atomic E-state index is 9.60. The van der Waals surface area contributed by atoms with Gasteiger partial charge in [0.15, 0.2) is 0 Å². The predicted molar refractivity (Wildman–Crippen MR) is 114 cm³/mol. The molecule has 0 bridgehead atoms. The molecule has 0 radical (unpaired) electrons. The highest BCUT2D eigenvalue weighted by Crippen LogP contribution is 2.31. The summed E-state index contributed by atoms with van der Waals surface area (Å²) >= 11 is 1.74. The highest BCUT2D eigenvalue weighted by atomic mass is 32.1. The first kappa shape index (κ1) is 17.1. The number of aliphatic hydroxyl groups excluding tert-OH is 1. The fourth-order valence-electron chi connectivity index (χ4n) is 3.52. The Morgan fingerprint density at radius 1 is 1.00 bits per heavy atom. The molecule has 5 rings (SSSR count). The molecular weight excluding hydrogens is 366 g/mol. The number of aryl methyl sites for hydroxylation is 1. The normalized spacial score (nSPS) is 11.5. The second kappa shape index (κ2) is 6.86. The van der Waals surface area contributed by atoms with Crippen LogP contribution in [0.3, 0.4) is 0 Å². The summed E-state index contributed by atoms with van der Waals surface area (Å²) in [7, 11) is 0. The third kappa shape index (κ3) is 3.09. The van der Waals surface area contributed by atoms with Crippen molar-refractivity contribution in [3.8, 4) is 22.5 Å². The monoisotopic (exact) mass is 385 g/mol. The molecule has 3 aromatic rings. The smallest absolute Gasteiger partial charge is 0.114 e. The second-order valence-electron chi connectivity index (χ2n) is 6.99. The van der Waals surface area contributed by atoms with Crippen molar-refractivity contribution in [2.45, 2.75) is 20.1 Å². The zero-order chi connectivity index (χ0) is 19.1. The van der Waals surface area contributed by atoms with Crippen LogP contribution in [0.4, 0.5) is 0 Å². The maximum Gasteiger partial charge on any atom is 0.114 e. The molecule has 1 aromatic heterocycles. The Kier molecular flexibility index (Phi) is 4.19. The molecule has 0 unspecified atom stereocenters. The van der Waals surface area contributed by atoms with Crippen molar-refractivity contribution >= 4 is 21.6 Å². The predicted octanol–water partition coefficient (Wildman–Crippen LogP) is 5.11. The summed E-state index contributed by atoms with van der Waals surface area (Å²) in [6, 6.07) is 18.4. The third-order valence-corrected chi connectivity index (χ3v) is 5.93. The molecule has 0 spiro atoms. The van der Waals surface area contributed by atoms with Gasteiger partial charge in [-0.1, -0.05) is 30.3 Å². The Morgan fingerprint density at radius 3 is 2.79 bits per heavy atom. The van der Waals surface area contributed by atoms with Gasteiger partial charge in [-0.15, -0.1) is 11.3 Å². The van der Waals surface area contributed by atoms with E-state index in [1.54, 1.807) is 11.3 Å². The van der Waals surface area contributed by atoms with Crippen LogP contribution in [0.15, 0.2) is 67.0 Å². The summed E-state index contributed by atoms with van der Waals surface area (Å²) in [5.41, 5.74) is 7.13. The van der Waals surface area contributed by atoms with Crippen LogP contribution in [-0.4, -0.2) is 19.6 Å². The van der Waals surface area contributed by atoms with Crippen LogP contribution in [0.1, 0.15) is 16.1 Å². The summed E-state index contributed by atoms with van der Waals surface area (Å²) in [5.74, 6) is 0. The number of aliphatic hydroxyl groups is 1. The van der Waals surface area contributed by atoms with E-state index in [1.807, 2.05) is 36.5 Å². The van der Waals surface area contributed by atoms with Crippen LogP contribution in [-0.2, 0) is 13.2 Å². The van der Waals surface area contributed by atoms with Gasteiger partial charge >= 0.3 is 0 Å². The van der Waals surface area contributed by atoms with E-state index in [1.165, 1.54) is 10.3 Å². The van der Waals surface area contributed by atoms with Crippen LogP contribution in [0, 0.1) is 6.92 Å². The van der Waals surface area contributed by atoms with Crippen molar-refractivity contribution in [1.29, 1.82) is 0 Å². The number of benzene rings is 2. The van der Waals surface area contributed by atoms with Crippen molar-refractivity contribution in [1.82, 2.24) is 14.5 Å². The first-order valence-corrected chi connectivity index (χ1v) is 10.0. The number of rotatable bonds is 4. The van der Waals surface area contributed by atoms with Gasteiger partial charge in [-0.2, -0.15) is 0 Å². The minimum absolute atomic E-state index is 0.0104. The molecular formula is C23H19N3OS. The number of nitrogens with zero attached hydrogens (tertiary/aromatic N) is 3. The van der Waals surface area contributed by atoms with E-state index >= 15 is 0 Å². The number of hydrogen-bond acceptors (Lipinski definition) is 4. The van der Waals surface area contributed by atoms with E-state index in [-0.39, 0.29) is 6.61 Å². The quantitative estimate of drug-likeness (QED) is 0.467. The first-order chi connectivity index (χ1) is 13.7. The summed E-state index contributed by atoms with van der Waals surface area (Å²) in [6.45, 7) is 2.86. The van der Waals surface area contributed by atoms with Gasteiger partial charge in [-0.05, 0) is 42.3 Å². The summed E-state index contributed by atoms with van der Waals surface area (Å²) < 4.78 is 3.38. The molecule has 0 fully saturated rings. The van der Waals surface area contributed by atoms with Crippen LogP contribution >= 0.6 is 11.3 Å². The van der Waals surface area contributed by atoms with Gasteiger partial charge in [0.2, 0.25) is 0 Å². The van der Waals surface area contributed by atoms with Crippen LogP contribution < -0.4 is 0 Å². The topological polar surface area (TPSA) is 50.9 Å². The van der Waals surface area contributed by atoms with Crippen molar-refractivity contribution in [2.75, 3.05) is 0 Å². The van der Waals surface area contributed by atoms with Gasteiger partial charge in [0, 0.05) is 23.5 Å². The molecule has 2 aliphatic rings. The van der Waals surface area contributed by atoms with Gasteiger partial charge in [-0.3, -0.25) is 0 Å². The Morgan fingerprint density at radius 2 is 1.89 bits per heavy atom. The van der Waals surface area contributed by atoms with E-state index < -0.39 is 0 Å². The molecule has 1 N–H and O–H groups in total. The summed E-state index contributed by atoms with van der Waals surface area (Å²) in [5, 5.41) is 10.7. The van der Waals surface area contributed by atoms with Crippen molar-refractivity contribution in [2.24, 2.45) is 0 Å². The average molecular weight is 385 g/mol. The molecule has 0 amide bonds. The standard InChI is InChI=1S/C23H19N3OS/c1-15-6-7-20-22(10-15)28-23(25-20)13-26-9-8-19-17(12-26)11-21(24-19)18-5-3-2-4-16(18)14-27/h2-12,27H,13-14H2,1H3. The molecule has 0 aliphatic carbocycles. The number of pyridine rings is 1. The van der Waals surface area contributed by atoms with Crippen molar-refractivity contribution in [3.63, 3.8) is 0 Å².